The van der Waals surface area contributed by atoms with E-state index in [0.29, 0.717) is 6.54 Å². The second-order valence-corrected chi connectivity index (χ2v) is 7.66. The van der Waals surface area contributed by atoms with Crippen LogP contribution in [0.3, 0.4) is 0 Å². The fourth-order valence-electron chi connectivity index (χ4n) is 3.96. The monoisotopic (exact) mass is 423 g/mol. The van der Waals surface area contributed by atoms with Gasteiger partial charge in [0, 0.05) is 38.9 Å². The fraction of sp³-hybridized carbons (Fsp3) is 0.250. The summed E-state index contributed by atoms with van der Waals surface area (Å²) in [5.74, 6) is -1.55. The summed E-state index contributed by atoms with van der Waals surface area (Å²) >= 11 is 0. The van der Waals surface area contributed by atoms with Crippen molar-refractivity contribution in [3.05, 3.63) is 101 Å². The molecule has 0 bridgehead atoms. The highest BCUT2D eigenvalue weighted by Crippen LogP contribution is 2.30. The van der Waals surface area contributed by atoms with Gasteiger partial charge in [-0.1, -0.05) is 24.3 Å². The van der Waals surface area contributed by atoms with Crippen molar-refractivity contribution in [3.8, 4) is 0 Å². The summed E-state index contributed by atoms with van der Waals surface area (Å²) in [6.07, 6.45) is 1.38. The van der Waals surface area contributed by atoms with Crippen LogP contribution in [0.2, 0.25) is 0 Å². The molecule has 7 heteroatoms. The molecule has 1 aliphatic rings. The summed E-state index contributed by atoms with van der Waals surface area (Å²) in [5.41, 5.74) is 2.93. The topological polar surface area (TPSA) is 56.7 Å². The van der Waals surface area contributed by atoms with E-state index in [0.717, 1.165) is 43.0 Å². The molecule has 0 atom stereocenters. The van der Waals surface area contributed by atoms with E-state index in [1.54, 1.807) is 36.4 Å². The first-order valence-electron chi connectivity index (χ1n) is 10.1. The Morgan fingerprint density at radius 1 is 0.871 bits per heavy atom. The Morgan fingerprint density at radius 3 is 1.87 bits per heavy atom. The molecule has 1 aliphatic heterocycles. The molecule has 1 aromatic heterocycles. The lowest BCUT2D eigenvalue weighted by Gasteiger charge is -2.39. The maximum absolute atomic E-state index is 13.5. The van der Waals surface area contributed by atoms with Gasteiger partial charge in [0.1, 0.15) is 11.6 Å². The minimum atomic E-state index is -0.986. The van der Waals surface area contributed by atoms with Gasteiger partial charge in [-0.3, -0.25) is 14.8 Å². The zero-order valence-electron chi connectivity index (χ0n) is 16.9. The summed E-state index contributed by atoms with van der Waals surface area (Å²) < 4.78 is 26.9. The number of aromatic carboxylic acids is 1. The molecular weight excluding hydrogens is 400 g/mol. The number of carbonyl (C=O) groups is 1. The number of hydrogen-bond acceptors (Lipinski definition) is 4. The smallest absolute Gasteiger partial charge is 0.337 e. The quantitative estimate of drug-likeness (QED) is 0.650. The average molecular weight is 423 g/mol. The molecule has 0 radical (unpaired) electrons. The third-order valence-electron chi connectivity index (χ3n) is 5.60. The Bertz CT molecular complexity index is 971. The largest absolute Gasteiger partial charge is 0.478 e. The fourth-order valence-corrected chi connectivity index (χ4v) is 3.96. The SMILES string of the molecule is O=C(O)c1ccc(CN2CCN(C(c3ccc(F)cc3)c3ccc(F)cc3)CC2)nc1. The lowest BCUT2D eigenvalue weighted by molar-refractivity contribution is 0.0696. The van der Waals surface area contributed by atoms with Crippen molar-refractivity contribution in [1.29, 1.82) is 0 Å². The molecule has 0 aliphatic carbocycles. The first-order valence-corrected chi connectivity index (χ1v) is 10.1. The number of rotatable bonds is 6. The van der Waals surface area contributed by atoms with Crippen LogP contribution in [0.4, 0.5) is 8.78 Å². The van der Waals surface area contributed by atoms with Crippen LogP contribution in [0.5, 0.6) is 0 Å². The molecule has 5 nitrogen and oxygen atoms in total. The Hall–Kier alpha value is -3.16. The molecule has 2 heterocycles. The Kier molecular flexibility index (Phi) is 6.34. The van der Waals surface area contributed by atoms with Crippen LogP contribution in [0.1, 0.15) is 33.2 Å². The van der Waals surface area contributed by atoms with Crippen molar-refractivity contribution >= 4 is 5.97 Å². The molecule has 1 fully saturated rings. The number of aromatic nitrogens is 1. The second-order valence-electron chi connectivity index (χ2n) is 7.66. The molecule has 1 N–H and O–H groups in total. The number of benzene rings is 2. The van der Waals surface area contributed by atoms with E-state index in [-0.39, 0.29) is 23.2 Å². The molecule has 0 unspecified atom stereocenters. The number of halogens is 2. The first-order chi connectivity index (χ1) is 15.0. The lowest BCUT2D eigenvalue weighted by atomic mass is 9.96. The number of carboxylic acids is 1. The van der Waals surface area contributed by atoms with Crippen molar-refractivity contribution in [1.82, 2.24) is 14.8 Å². The maximum atomic E-state index is 13.5. The van der Waals surface area contributed by atoms with E-state index in [9.17, 15) is 13.6 Å². The summed E-state index contributed by atoms with van der Waals surface area (Å²) in [7, 11) is 0. The lowest BCUT2D eigenvalue weighted by Crippen LogP contribution is -2.47. The van der Waals surface area contributed by atoms with Gasteiger partial charge < -0.3 is 5.11 Å². The molecule has 2 aromatic carbocycles. The molecule has 0 spiro atoms. The van der Waals surface area contributed by atoms with E-state index in [1.165, 1.54) is 30.5 Å². The summed E-state index contributed by atoms with van der Waals surface area (Å²) in [6.45, 7) is 3.83. The normalized spacial score (nSPS) is 15.3. The van der Waals surface area contributed by atoms with E-state index < -0.39 is 5.97 Å². The highest BCUT2D eigenvalue weighted by molar-refractivity contribution is 5.87. The van der Waals surface area contributed by atoms with Crippen LogP contribution in [0.15, 0.2) is 66.9 Å². The van der Waals surface area contributed by atoms with Crippen molar-refractivity contribution in [2.45, 2.75) is 12.6 Å². The van der Waals surface area contributed by atoms with Crippen molar-refractivity contribution in [2.24, 2.45) is 0 Å². The van der Waals surface area contributed by atoms with E-state index in [2.05, 4.69) is 14.8 Å². The van der Waals surface area contributed by atoms with E-state index >= 15 is 0 Å². The maximum Gasteiger partial charge on any atom is 0.337 e. The van der Waals surface area contributed by atoms with Crippen molar-refractivity contribution in [3.63, 3.8) is 0 Å². The van der Waals surface area contributed by atoms with Crippen molar-refractivity contribution < 1.29 is 18.7 Å². The van der Waals surface area contributed by atoms with Crippen LogP contribution < -0.4 is 0 Å². The van der Waals surface area contributed by atoms with Crippen LogP contribution in [-0.2, 0) is 6.54 Å². The van der Waals surface area contributed by atoms with Gasteiger partial charge in [-0.15, -0.1) is 0 Å². The number of hydrogen-bond donors (Lipinski definition) is 1. The van der Waals surface area contributed by atoms with Gasteiger partial charge in [0.05, 0.1) is 17.3 Å². The molecule has 3 aromatic rings. The van der Waals surface area contributed by atoms with Gasteiger partial charge in [0.25, 0.3) is 0 Å². The minimum absolute atomic E-state index is 0.0867. The third-order valence-corrected chi connectivity index (χ3v) is 5.60. The van der Waals surface area contributed by atoms with E-state index in [1.807, 2.05) is 0 Å². The van der Waals surface area contributed by atoms with E-state index in [4.69, 9.17) is 5.11 Å². The molecule has 0 saturated carbocycles. The highest BCUT2D eigenvalue weighted by atomic mass is 19.1. The van der Waals surface area contributed by atoms with Crippen LogP contribution in [0.25, 0.3) is 0 Å². The van der Waals surface area contributed by atoms with Gasteiger partial charge in [-0.05, 0) is 47.5 Å². The number of pyridine rings is 1. The Labute approximate surface area is 179 Å². The van der Waals surface area contributed by atoms with Crippen molar-refractivity contribution in [2.75, 3.05) is 26.2 Å². The molecule has 31 heavy (non-hydrogen) atoms. The molecule has 1 saturated heterocycles. The van der Waals surface area contributed by atoms with Crippen LogP contribution >= 0.6 is 0 Å². The van der Waals surface area contributed by atoms with Crippen LogP contribution in [0, 0.1) is 11.6 Å². The Balaban J connectivity index is 1.46. The summed E-state index contributed by atoms with van der Waals surface area (Å²) in [6, 6.07) is 16.2. The zero-order chi connectivity index (χ0) is 21.8. The zero-order valence-corrected chi connectivity index (χ0v) is 16.9. The summed E-state index contributed by atoms with van der Waals surface area (Å²) in [5, 5.41) is 9.00. The standard InChI is InChI=1S/C24H23F2N3O2/c25-20-6-1-17(2-7-20)23(18-3-8-21(26)9-4-18)29-13-11-28(12-14-29)16-22-10-5-19(15-27-22)24(30)31/h1-10,15,23H,11-14,16H2,(H,30,31). The number of piperazine rings is 1. The second kappa shape index (κ2) is 9.32. The predicted molar refractivity (Wildman–Crippen MR) is 113 cm³/mol. The highest BCUT2D eigenvalue weighted by Gasteiger charge is 2.26. The predicted octanol–water partition coefficient (Wildman–Crippen LogP) is 3.97. The van der Waals surface area contributed by atoms with Crippen LogP contribution in [-0.4, -0.2) is 52.0 Å². The van der Waals surface area contributed by atoms with Gasteiger partial charge in [-0.2, -0.15) is 0 Å². The third kappa shape index (κ3) is 5.13. The number of nitrogens with zero attached hydrogens (tertiary/aromatic N) is 3. The minimum Gasteiger partial charge on any atom is -0.478 e. The number of carboxylic acid groups (broad SMARTS) is 1. The molecule has 4 rings (SSSR count). The first kappa shape index (κ1) is 21.1. The summed E-state index contributed by atoms with van der Waals surface area (Å²) in [4.78, 5) is 19.8. The van der Waals surface area contributed by atoms with Gasteiger partial charge in [-0.25, -0.2) is 13.6 Å². The Morgan fingerprint density at radius 2 is 1.42 bits per heavy atom. The molecule has 160 valence electrons. The molecule has 0 amide bonds. The molecular formula is C24H23F2N3O2. The average Bonchev–Trinajstić information content (AvgIpc) is 2.78. The van der Waals surface area contributed by atoms with Gasteiger partial charge in [0.15, 0.2) is 0 Å². The van der Waals surface area contributed by atoms with Gasteiger partial charge in [0.2, 0.25) is 0 Å². The van der Waals surface area contributed by atoms with Gasteiger partial charge >= 0.3 is 5.97 Å².